The largest absolute Gasteiger partial charge is 0.454 e. The maximum Gasteiger partial charge on any atom is 0.231 e. The monoisotopic (exact) mass is 360 g/mol. The zero-order valence-corrected chi connectivity index (χ0v) is 13.4. The highest BCUT2D eigenvalue weighted by atomic mass is 79.9. The lowest BCUT2D eigenvalue weighted by atomic mass is 10.1. The molecule has 3 heterocycles. The van der Waals surface area contributed by atoms with Crippen LogP contribution in [0.2, 0.25) is 0 Å². The number of rotatable bonds is 2. The molecule has 0 spiro atoms. The van der Waals surface area contributed by atoms with Crippen LogP contribution in [0.4, 0.5) is 0 Å². The van der Waals surface area contributed by atoms with Crippen molar-refractivity contribution in [3.63, 3.8) is 0 Å². The lowest BCUT2D eigenvalue weighted by molar-refractivity contribution is 0.174. The predicted octanol–water partition coefficient (Wildman–Crippen LogP) is 3.29. The van der Waals surface area contributed by atoms with Crippen molar-refractivity contribution in [1.82, 2.24) is 9.38 Å². The molecule has 2 aromatic heterocycles. The number of fused-ring (bicyclic) bond motifs is 2. The van der Waals surface area contributed by atoms with E-state index in [-0.39, 0.29) is 13.4 Å². The summed E-state index contributed by atoms with van der Waals surface area (Å²) < 4.78 is 13.6. The van der Waals surface area contributed by atoms with Crippen LogP contribution in [0.15, 0.2) is 34.9 Å². The van der Waals surface area contributed by atoms with Gasteiger partial charge in [0.05, 0.1) is 22.5 Å². The molecular formula is C16H13BrN2O3. The van der Waals surface area contributed by atoms with Crippen LogP contribution in [0.5, 0.6) is 11.5 Å². The second kappa shape index (κ2) is 5.00. The Balaban J connectivity index is 1.96. The minimum absolute atomic E-state index is 0.0964. The zero-order valence-electron chi connectivity index (χ0n) is 11.8. The van der Waals surface area contributed by atoms with E-state index in [1.165, 1.54) is 0 Å². The molecule has 4 rings (SSSR count). The van der Waals surface area contributed by atoms with Gasteiger partial charge in [-0.15, -0.1) is 0 Å². The van der Waals surface area contributed by atoms with Gasteiger partial charge in [0.1, 0.15) is 0 Å². The molecule has 0 unspecified atom stereocenters. The molecule has 0 amide bonds. The van der Waals surface area contributed by atoms with Crippen molar-refractivity contribution in [1.29, 1.82) is 0 Å². The van der Waals surface area contributed by atoms with Gasteiger partial charge in [0.25, 0.3) is 0 Å². The summed E-state index contributed by atoms with van der Waals surface area (Å²) in [5.74, 6) is 1.43. The highest BCUT2D eigenvalue weighted by Crippen LogP contribution is 2.37. The van der Waals surface area contributed by atoms with Crippen molar-refractivity contribution in [2.75, 3.05) is 6.79 Å². The average molecular weight is 361 g/mol. The summed E-state index contributed by atoms with van der Waals surface area (Å²) in [4.78, 5) is 4.68. The van der Waals surface area contributed by atoms with E-state index in [1.807, 2.05) is 41.8 Å². The first-order valence-corrected chi connectivity index (χ1v) is 7.64. The Morgan fingerprint density at radius 2 is 2.09 bits per heavy atom. The standard InChI is InChI=1S/C16H13BrN2O3/c1-9-4-11(17)16-18-15(12(7-20)19(16)6-9)10-2-3-13-14(5-10)22-8-21-13/h2-6,20H,7-8H2,1H3. The van der Waals surface area contributed by atoms with Gasteiger partial charge in [-0.2, -0.15) is 0 Å². The molecule has 3 aromatic rings. The van der Waals surface area contributed by atoms with Gasteiger partial charge < -0.3 is 14.6 Å². The van der Waals surface area contributed by atoms with E-state index < -0.39 is 0 Å². The van der Waals surface area contributed by atoms with Crippen molar-refractivity contribution < 1.29 is 14.6 Å². The summed E-state index contributed by atoms with van der Waals surface area (Å²) in [5.41, 5.74) is 4.25. The van der Waals surface area contributed by atoms with Crippen LogP contribution in [0, 0.1) is 6.92 Å². The van der Waals surface area contributed by atoms with Gasteiger partial charge in [-0.25, -0.2) is 4.98 Å². The highest BCUT2D eigenvalue weighted by molar-refractivity contribution is 9.10. The first-order chi connectivity index (χ1) is 10.7. The summed E-state index contributed by atoms with van der Waals surface area (Å²) in [7, 11) is 0. The van der Waals surface area contributed by atoms with Gasteiger partial charge in [0, 0.05) is 11.8 Å². The number of hydrogen-bond donors (Lipinski definition) is 1. The number of aliphatic hydroxyl groups excluding tert-OH is 1. The minimum Gasteiger partial charge on any atom is -0.454 e. The number of ether oxygens (including phenoxy) is 2. The van der Waals surface area contributed by atoms with Gasteiger partial charge in [-0.05, 0) is 52.7 Å². The summed E-state index contributed by atoms with van der Waals surface area (Å²) in [6.07, 6.45) is 1.97. The van der Waals surface area contributed by atoms with E-state index in [2.05, 4.69) is 20.9 Å². The summed E-state index contributed by atoms with van der Waals surface area (Å²) >= 11 is 3.54. The van der Waals surface area contributed by atoms with Crippen LogP contribution in [-0.2, 0) is 6.61 Å². The number of aromatic nitrogens is 2. The van der Waals surface area contributed by atoms with E-state index in [0.29, 0.717) is 5.75 Å². The Morgan fingerprint density at radius 1 is 1.27 bits per heavy atom. The molecule has 0 atom stereocenters. The second-order valence-electron chi connectivity index (χ2n) is 5.19. The summed E-state index contributed by atoms with van der Waals surface area (Å²) in [6.45, 7) is 2.15. The molecule has 0 bridgehead atoms. The quantitative estimate of drug-likeness (QED) is 0.761. The van der Waals surface area contributed by atoms with Crippen LogP contribution in [0.3, 0.4) is 0 Å². The normalized spacial score (nSPS) is 13.0. The van der Waals surface area contributed by atoms with Gasteiger partial charge in [-0.3, -0.25) is 4.40 Å². The molecular weight excluding hydrogens is 348 g/mol. The maximum atomic E-state index is 9.81. The topological polar surface area (TPSA) is 56.0 Å². The number of pyridine rings is 1. The van der Waals surface area contributed by atoms with E-state index in [4.69, 9.17) is 9.47 Å². The molecule has 1 aliphatic rings. The fourth-order valence-electron chi connectivity index (χ4n) is 2.71. The molecule has 0 aliphatic carbocycles. The number of aryl methyl sites for hydroxylation is 1. The Morgan fingerprint density at radius 3 is 2.91 bits per heavy atom. The Kier molecular flexibility index (Phi) is 3.09. The first kappa shape index (κ1) is 13.6. The lowest BCUT2D eigenvalue weighted by Gasteiger charge is -2.04. The number of halogens is 1. The predicted molar refractivity (Wildman–Crippen MR) is 85.1 cm³/mol. The minimum atomic E-state index is -0.0964. The molecule has 0 fully saturated rings. The Hall–Kier alpha value is -2.05. The molecule has 0 radical (unpaired) electrons. The van der Waals surface area contributed by atoms with Crippen LogP contribution in [0.1, 0.15) is 11.3 Å². The fourth-order valence-corrected chi connectivity index (χ4v) is 3.35. The molecule has 1 aliphatic heterocycles. The summed E-state index contributed by atoms with van der Waals surface area (Å²) in [6, 6.07) is 7.69. The molecule has 112 valence electrons. The summed E-state index contributed by atoms with van der Waals surface area (Å²) in [5, 5.41) is 9.81. The lowest BCUT2D eigenvalue weighted by Crippen LogP contribution is -1.95. The molecule has 0 saturated heterocycles. The maximum absolute atomic E-state index is 9.81. The SMILES string of the molecule is Cc1cc(Br)c2nc(-c3ccc4c(c3)OCO4)c(CO)n2c1. The number of nitrogens with zero attached hydrogens (tertiary/aromatic N) is 2. The highest BCUT2D eigenvalue weighted by Gasteiger charge is 2.19. The van der Waals surface area contributed by atoms with Crippen molar-refractivity contribution in [2.24, 2.45) is 0 Å². The van der Waals surface area contributed by atoms with Gasteiger partial charge in [0.2, 0.25) is 6.79 Å². The fraction of sp³-hybridized carbons (Fsp3) is 0.188. The van der Waals surface area contributed by atoms with Crippen molar-refractivity contribution in [2.45, 2.75) is 13.5 Å². The molecule has 1 N–H and O–H groups in total. The molecule has 5 nitrogen and oxygen atoms in total. The van der Waals surface area contributed by atoms with E-state index in [9.17, 15) is 5.11 Å². The third-order valence-corrected chi connectivity index (χ3v) is 4.29. The van der Waals surface area contributed by atoms with Crippen LogP contribution in [0.25, 0.3) is 16.9 Å². The van der Waals surface area contributed by atoms with Crippen LogP contribution < -0.4 is 9.47 Å². The van der Waals surface area contributed by atoms with Crippen molar-refractivity contribution >= 4 is 21.6 Å². The zero-order chi connectivity index (χ0) is 15.3. The second-order valence-corrected chi connectivity index (χ2v) is 6.05. The molecule has 22 heavy (non-hydrogen) atoms. The molecule has 0 saturated carbocycles. The van der Waals surface area contributed by atoms with E-state index >= 15 is 0 Å². The third kappa shape index (κ3) is 1.99. The van der Waals surface area contributed by atoms with E-state index in [0.717, 1.165) is 38.4 Å². The Bertz CT molecular complexity index is 889. The van der Waals surface area contributed by atoms with Crippen LogP contribution >= 0.6 is 15.9 Å². The molecule has 6 heteroatoms. The number of benzene rings is 1. The van der Waals surface area contributed by atoms with Gasteiger partial charge in [-0.1, -0.05) is 0 Å². The first-order valence-electron chi connectivity index (χ1n) is 6.85. The smallest absolute Gasteiger partial charge is 0.231 e. The average Bonchev–Trinajstić information content (AvgIpc) is 3.09. The number of aliphatic hydroxyl groups is 1. The van der Waals surface area contributed by atoms with Crippen molar-refractivity contribution in [3.05, 3.63) is 46.2 Å². The van der Waals surface area contributed by atoms with Gasteiger partial charge in [0.15, 0.2) is 17.1 Å². The molecule has 1 aromatic carbocycles. The van der Waals surface area contributed by atoms with E-state index in [1.54, 1.807) is 0 Å². The third-order valence-electron chi connectivity index (χ3n) is 3.71. The Labute approximate surface area is 135 Å². The number of hydrogen-bond acceptors (Lipinski definition) is 4. The number of imidazole rings is 1. The van der Waals surface area contributed by atoms with Gasteiger partial charge >= 0.3 is 0 Å². The van der Waals surface area contributed by atoms with Crippen LogP contribution in [-0.4, -0.2) is 21.3 Å². The van der Waals surface area contributed by atoms with Crippen molar-refractivity contribution in [3.8, 4) is 22.8 Å².